The molecule has 96 valence electrons. The third-order valence-corrected chi connectivity index (χ3v) is 2.40. The summed E-state index contributed by atoms with van der Waals surface area (Å²) in [6, 6.07) is 8.73. The summed E-state index contributed by atoms with van der Waals surface area (Å²) >= 11 is 0. The summed E-state index contributed by atoms with van der Waals surface area (Å²) < 4.78 is 5.02. The van der Waals surface area contributed by atoms with E-state index >= 15 is 0 Å². The quantitative estimate of drug-likeness (QED) is 0.454. The average molecular weight is 247 g/mol. The molecule has 1 aromatic carbocycles. The second-order valence-electron chi connectivity index (χ2n) is 3.58. The van der Waals surface area contributed by atoms with Crippen LogP contribution in [0.4, 0.5) is 0 Å². The van der Waals surface area contributed by atoms with Gasteiger partial charge < -0.3 is 9.64 Å². The van der Waals surface area contributed by atoms with Crippen LogP contribution >= 0.6 is 0 Å². The molecule has 0 aromatic heterocycles. The van der Waals surface area contributed by atoms with E-state index < -0.39 is 5.97 Å². The van der Waals surface area contributed by atoms with Crippen LogP contribution in [0.3, 0.4) is 0 Å². The molecule has 0 saturated heterocycles. The van der Waals surface area contributed by atoms with Crippen molar-refractivity contribution in [3.8, 4) is 5.75 Å². The Kier molecular flexibility index (Phi) is 5.64. The first kappa shape index (κ1) is 14.0. The number of amides is 1. The molecule has 0 N–H and O–H groups in total. The summed E-state index contributed by atoms with van der Waals surface area (Å²) in [6.45, 7) is 5.01. The highest BCUT2D eigenvalue weighted by Crippen LogP contribution is 2.08. The lowest BCUT2D eigenvalue weighted by atomic mass is 10.3. The smallest absolute Gasteiger partial charge is 0.336 e. The van der Waals surface area contributed by atoms with E-state index in [4.69, 9.17) is 4.74 Å². The predicted octanol–water partition coefficient (Wildman–Crippen LogP) is 2.02. The molecule has 0 radical (unpaired) electrons. The van der Waals surface area contributed by atoms with Crippen molar-refractivity contribution in [1.82, 2.24) is 4.90 Å². The average Bonchev–Trinajstić information content (AvgIpc) is 2.39. The topological polar surface area (TPSA) is 46.6 Å². The summed E-state index contributed by atoms with van der Waals surface area (Å²) in [5.41, 5.74) is 0. The molecule has 18 heavy (non-hydrogen) atoms. The third kappa shape index (κ3) is 4.41. The zero-order valence-corrected chi connectivity index (χ0v) is 10.6. The van der Waals surface area contributed by atoms with E-state index in [2.05, 4.69) is 0 Å². The number of likely N-dealkylation sites (N-methyl/N-ethyl adjacent to an activating group) is 1. The summed E-state index contributed by atoms with van der Waals surface area (Å²) in [5.74, 6) is -0.283. The number of benzene rings is 1. The fourth-order valence-electron chi connectivity index (χ4n) is 1.42. The van der Waals surface area contributed by atoms with Crippen LogP contribution in [0.2, 0.25) is 0 Å². The Balaban J connectivity index is 2.52. The standard InChI is InChI=1S/C14H17NO3/c1-3-15(4-2)13(16)10-11-14(17)18-12-8-6-5-7-9-12/h5-11H,3-4H2,1-2H3/b11-10-. The SMILES string of the molecule is CCN(CC)C(=O)/C=C\C(=O)Oc1ccccc1. The Hall–Kier alpha value is -2.10. The second-order valence-corrected chi connectivity index (χ2v) is 3.58. The highest BCUT2D eigenvalue weighted by atomic mass is 16.5. The molecule has 0 aliphatic rings. The van der Waals surface area contributed by atoms with Crippen LogP contribution in [0.25, 0.3) is 0 Å². The van der Waals surface area contributed by atoms with Crippen molar-refractivity contribution in [2.45, 2.75) is 13.8 Å². The van der Waals surface area contributed by atoms with Crippen molar-refractivity contribution in [3.05, 3.63) is 42.5 Å². The van der Waals surface area contributed by atoms with Crippen LogP contribution in [-0.4, -0.2) is 29.9 Å². The van der Waals surface area contributed by atoms with Crippen LogP contribution in [0, 0.1) is 0 Å². The van der Waals surface area contributed by atoms with Gasteiger partial charge in [0, 0.05) is 25.2 Å². The second kappa shape index (κ2) is 7.27. The molecule has 1 rings (SSSR count). The van der Waals surface area contributed by atoms with Crippen molar-refractivity contribution < 1.29 is 14.3 Å². The highest BCUT2D eigenvalue weighted by Gasteiger charge is 2.06. The van der Waals surface area contributed by atoms with Gasteiger partial charge in [0.1, 0.15) is 5.75 Å². The molecule has 0 saturated carbocycles. The maximum Gasteiger partial charge on any atom is 0.336 e. The molecule has 1 aromatic rings. The van der Waals surface area contributed by atoms with Crippen LogP contribution in [0.5, 0.6) is 5.75 Å². The maximum atomic E-state index is 11.6. The minimum absolute atomic E-state index is 0.190. The molecular formula is C14H17NO3. The molecule has 0 heterocycles. The van der Waals surface area contributed by atoms with Gasteiger partial charge in [-0.2, -0.15) is 0 Å². The van der Waals surface area contributed by atoms with Gasteiger partial charge in [0.25, 0.3) is 0 Å². The van der Waals surface area contributed by atoms with Crippen LogP contribution in [-0.2, 0) is 9.59 Å². The van der Waals surface area contributed by atoms with Crippen molar-refractivity contribution in [2.75, 3.05) is 13.1 Å². The zero-order valence-electron chi connectivity index (χ0n) is 10.6. The van der Waals surface area contributed by atoms with Gasteiger partial charge in [0.05, 0.1) is 0 Å². The number of carbonyl (C=O) groups excluding carboxylic acids is 2. The summed E-state index contributed by atoms with van der Waals surface area (Å²) in [7, 11) is 0. The van der Waals surface area contributed by atoms with E-state index in [0.717, 1.165) is 6.08 Å². The number of carbonyl (C=O) groups is 2. The van der Waals surface area contributed by atoms with Crippen molar-refractivity contribution in [1.29, 1.82) is 0 Å². The normalized spacial score (nSPS) is 10.3. The fraction of sp³-hybridized carbons (Fsp3) is 0.286. The fourth-order valence-corrected chi connectivity index (χ4v) is 1.42. The number of esters is 1. The lowest BCUT2D eigenvalue weighted by Crippen LogP contribution is -2.28. The van der Waals surface area contributed by atoms with Gasteiger partial charge in [-0.1, -0.05) is 18.2 Å². The first-order valence-electron chi connectivity index (χ1n) is 5.91. The Labute approximate surface area is 107 Å². The van der Waals surface area contributed by atoms with Gasteiger partial charge in [-0.15, -0.1) is 0 Å². The predicted molar refractivity (Wildman–Crippen MR) is 69.1 cm³/mol. The van der Waals surface area contributed by atoms with E-state index in [9.17, 15) is 9.59 Å². The molecule has 0 aliphatic carbocycles. The number of nitrogens with zero attached hydrogens (tertiary/aromatic N) is 1. The zero-order chi connectivity index (χ0) is 13.4. The van der Waals surface area contributed by atoms with Crippen molar-refractivity contribution in [3.63, 3.8) is 0 Å². The Bertz CT molecular complexity index is 422. The number of hydrogen-bond donors (Lipinski definition) is 0. The number of ether oxygens (including phenoxy) is 1. The van der Waals surface area contributed by atoms with Crippen LogP contribution in [0.1, 0.15) is 13.8 Å². The number of para-hydroxylation sites is 1. The van der Waals surface area contributed by atoms with Gasteiger partial charge in [0.2, 0.25) is 5.91 Å². The van der Waals surface area contributed by atoms with E-state index in [0.29, 0.717) is 18.8 Å². The van der Waals surface area contributed by atoms with Gasteiger partial charge in [0.15, 0.2) is 0 Å². The largest absolute Gasteiger partial charge is 0.423 e. The molecule has 0 unspecified atom stereocenters. The molecule has 4 heteroatoms. The molecule has 4 nitrogen and oxygen atoms in total. The molecular weight excluding hydrogens is 230 g/mol. The molecule has 0 aliphatic heterocycles. The van der Waals surface area contributed by atoms with E-state index in [1.807, 2.05) is 19.9 Å². The minimum Gasteiger partial charge on any atom is -0.423 e. The van der Waals surface area contributed by atoms with Crippen molar-refractivity contribution in [2.24, 2.45) is 0 Å². The summed E-state index contributed by atoms with van der Waals surface area (Å²) in [4.78, 5) is 24.6. The lowest BCUT2D eigenvalue weighted by Gasteiger charge is -2.15. The molecule has 1 amide bonds. The maximum absolute atomic E-state index is 11.6. The Morgan fingerprint density at radius 3 is 2.28 bits per heavy atom. The molecule has 0 fully saturated rings. The lowest BCUT2D eigenvalue weighted by molar-refractivity contribution is -0.130. The molecule has 0 atom stereocenters. The minimum atomic E-state index is -0.554. The van der Waals surface area contributed by atoms with Gasteiger partial charge in [-0.25, -0.2) is 4.79 Å². The number of hydrogen-bond acceptors (Lipinski definition) is 3. The van der Waals surface area contributed by atoms with E-state index in [1.54, 1.807) is 29.2 Å². The van der Waals surface area contributed by atoms with Crippen LogP contribution < -0.4 is 4.74 Å². The van der Waals surface area contributed by atoms with Crippen LogP contribution in [0.15, 0.2) is 42.5 Å². The Morgan fingerprint density at radius 2 is 1.72 bits per heavy atom. The molecule has 0 spiro atoms. The van der Waals surface area contributed by atoms with Gasteiger partial charge in [-0.3, -0.25) is 4.79 Å². The summed E-state index contributed by atoms with van der Waals surface area (Å²) in [6.07, 6.45) is 2.38. The van der Waals surface area contributed by atoms with E-state index in [1.165, 1.54) is 6.08 Å². The number of rotatable bonds is 5. The highest BCUT2D eigenvalue weighted by molar-refractivity contribution is 5.95. The summed E-state index contributed by atoms with van der Waals surface area (Å²) in [5, 5.41) is 0. The Morgan fingerprint density at radius 1 is 1.11 bits per heavy atom. The van der Waals surface area contributed by atoms with Crippen molar-refractivity contribution >= 4 is 11.9 Å². The molecule has 0 bridgehead atoms. The van der Waals surface area contributed by atoms with E-state index in [-0.39, 0.29) is 5.91 Å². The van der Waals surface area contributed by atoms with Gasteiger partial charge in [-0.05, 0) is 26.0 Å². The third-order valence-electron chi connectivity index (χ3n) is 2.40. The monoisotopic (exact) mass is 247 g/mol. The first-order valence-corrected chi connectivity index (χ1v) is 5.91. The van der Waals surface area contributed by atoms with Gasteiger partial charge >= 0.3 is 5.97 Å². The first-order chi connectivity index (χ1) is 8.67.